The summed E-state index contributed by atoms with van der Waals surface area (Å²) in [6.07, 6.45) is -4.70. The maximum absolute atomic E-state index is 12.4. The van der Waals surface area contributed by atoms with Gasteiger partial charge in [-0.3, -0.25) is 0 Å². The molecule has 2 rings (SSSR count). The molecule has 0 saturated heterocycles. The van der Waals surface area contributed by atoms with Crippen LogP contribution in [0.15, 0.2) is 30.3 Å². The maximum Gasteiger partial charge on any atom is 0.573 e. The fourth-order valence-corrected chi connectivity index (χ4v) is 2.58. The summed E-state index contributed by atoms with van der Waals surface area (Å²) in [6.45, 7) is 2.16. The Morgan fingerprint density at radius 3 is 2.40 bits per heavy atom. The van der Waals surface area contributed by atoms with Crippen LogP contribution in [0.25, 0.3) is 10.4 Å². The second-order valence-corrected chi connectivity index (χ2v) is 5.28. The van der Waals surface area contributed by atoms with Crippen molar-refractivity contribution in [3.05, 3.63) is 40.8 Å². The molecular weight excluding hydrogens is 311 g/mol. The van der Waals surface area contributed by atoms with Gasteiger partial charge < -0.3 is 10.5 Å². The summed E-state index contributed by atoms with van der Waals surface area (Å²) >= 11 is 1.41. The first-order chi connectivity index (χ1) is 8.89. The molecule has 0 unspecified atom stereocenters. The molecular formula is C13H13ClF3NOS. The van der Waals surface area contributed by atoms with E-state index in [0.717, 1.165) is 15.3 Å². The Balaban J connectivity index is 0.00000200. The maximum atomic E-state index is 12.4. The van der Waals surface area contributed by atoms with Gasteiger partial charge in [-0.25, -0.2) is 0 Å². The van der Waals surface area contributed by atoms with Crippen molar-refractivity contribution in [3.63, 3.8) is 0 Å². The van der Waals surface area contributed by atoms with E-state index in [1.807, 2.05) is 13.0 Å². The summed E-state index contributed by atoms with van der Waals surface area (Å²) in [5.41, 5.74) is 6.69. The van der Waals surface area contributed by atoms with E-state index < -0.39 is 6.36 Å². The van der Waals surface area contributed by atoms with Crippen molar-refractivity contribution < 1.29 is 17.9 Å². The molecule has 7 heteroatoms. The zero-order valence-corrected chi connectivity index (χ0v) is 12.2. The van der Waals surface area contributed by atoms with Gasteiger partial charge in [0.25, 0.3) is 0 Å². The van der Waals surface area contributed by atoms with Gasteiger partial charge in [0.05, 0.1) is 0 Å². The number of nitrogens with two attached hydrogens (primary N) is 1. The van der Waals surface area contributed by atoms with E-state index in [1.54, 1.807) is 12.1 Å². The lowest BCUT2D eigenvalue weighted by molar-refractivity contribution is -0.274. The topological polar surface area (TPSA) is 35.2 Å². The lowest BCUT2D eigenvalue weighted by Crippen LogP contribution is -2.17. The SMILES string of the molecule is Cc1ccc(-c2cc(CN)ccc2OC(F)(F)F)s1.Cl. The van der Waals surface area contributed by atoms with E-state index >= 15 is 0 Å². The van der Waals surface area contributed by atoms with Crippen LogP contribution in [0, 0.1) is 6.92 Å². The molecule has 0 amide bonds. The predicted octanol–water partition coefficient (Wildman–Crippen LogP) is 4.50. The molecule has 2 nitrogen and oxygen atoms in total. The third-order valence-corrected chi connectivity index (χ3v) is 3.55. The molecule has 0 fully saturated rings. The molecule has 0 bridgehead atoms. The normalized spacial score (nSPS) is 11.1. The molecule has 1 aromatic heterocycles. The van der Waals surface area contributed by atoms with Gasteiger partial charge in [-0.2, -0.15) is 0 Å². The third-order valence-electron chi connectivity index (χ3n) is 2.51. The summed E-state index contributed by atoms with van der Waals surface area (Å²) in [4.78, 5) is 1.75. The van der Waals surface area contributed by atoms with Crippen LogP contribution >= 0.6 is 23.7 Å². The first kappa shape index (κ1) is 16.8. The molecule has 0 spiro atoms. The average molecular weight is 324 g/mol. The summed E-state index contributed by atoms with van der Waals surface area (Å²) in [6, 6.07) is 8.10. The number of thiophene rings is 1. The lowest BCUT2D eigenvalue weighted by atomic mass is 10.1. The molecule has 0 aliphatic carbocycles. The van der Waals surface area contributed by atoms with Gasteiger partial charge in [-0.1, -0.05) is 6.07 Å². The molecule has 20 heavy (non-hydrogen) atoms. The van der Waals surface area contributed by atoms with E-state index in [1.165, 1.54) is 23.5 Å². The van der Waals surface area contributed by atoms with Gasteiger partial charge in [-0.05, 0) is 36.8 Å². The minimum absolute atomic E-state index is 0. The summed E-state index contributed by atoms with van der Waals surface area (Å²) in [5.74, 6) is -0.202. The number of ether oxygens (including phenoxy) is 1. The highest BCUT2D eigenvalue weighted by Gasteiger charge is 2.32. The Hall–Kier alpha value is -1.24. The molecule has 0 aliphatic heterocycles. The van der Waals surface area contributed by atoms with Gasteiger partial charge in [0, 0.05) is 21.9 Å². The van der Waals surface area contributed by atoms with Gasteiger partial charge in [0.1, 0.15) is 5.75 Å². The lowest BCUT2D eigenvalue weighted by Gasteiger charge is -2.13. The highest BCUT2D eigenvalue weighted by atomic mass is 35.5. The Morgan fingerprint density at radius 2 is 1.90 bits per heavy atom. The van der Waals surface area contributed by atoms with Crippen molar-refractivity contribution in [1.29, 1.82) is 0 Å². The Labute approximate surface area is 124 Å². The van der Waals surface area contributed by atoms with Gasteiger partial charge in [0.2, 0.25) is 0 Å². The fourth-order valence-electron chi connectivity index (χ4n) is 1.69. The van der Waals surface area contributed by atoms with Crippen molar-refractivity contribution in [2.24, 2.45) is 5.73 Å². The van der Waals surface area contributed by atoms with Crippen LogP contribution < -0.4 is 10.5 Å². The zero-order valence-electron chi connectivity index (χ0n) is 10.5. The fraction of sp³-hybridized carbons (Fsp3) is 0.231. The molecule has 0 atom stereocenters. The largest absolute Gasteiger partial charge is 0.573 e. The first-order valence-electron chi connectivity index (χ1n) is 5.54. The van der Waals surface area contributed by atoms with Crippen LogP contribution in [0.5, 0.6) is 5.75 Å². The van der Waals surface area contributed by atoms with Crippen molar-refractivity contribution >= 4 is 23.7 Å². The summed E-state index contributed by atoms with van der Waals surface area (Å²) < 4.78 is 41.2. The second kappa shape index (κ2) is 6.47. The van der Waals surface area contributed by atoms with Crippen molar-refractivity contribution in [2.75, 3.05) is 0 Å². The van der Waals surface area contributed by atoms with E-state index in [2.05, 4.69) is 4.74 Å². The molecule has 0 saturated carbocycles. The standard InChI is InChI=1S/C13H12F3NOS.ClH/c1-8-2-5-12(19-8)10-6-9(7-17)3-4-11(10)18-13(14,15)16;/h2-6H,7,17H2,1H3;1H. The Bertz CT molecular complexity index is 583. The number of aryl methyl sites for hydroxylation is 1. The van der Waals surface area contributed by atoms with E-state index in [9.17, 15) is 13.2 Å². The molecule has 0 aliphatic rings. The third kappa shape index (κ3) is 4.13. The average Bonchev–Trinajstić information content (AvgIpc) is 2.74. The van der Waals surface area contributed by atoms with Crippen molar-refractivity contribution in [3.8, 4) is 16.2 Å². The van der Waals surface area contributed by atoms with Crippen LogP contribution in [0.1, 0.15) is 10.4 Å². The highest BCUT2D eigenvalue weighted by Crippen LogP contribution is 2.37. The van der Waals surface area contributed by atoms with Crippen LogP contribution in [-0.2, 0) is 6.54 Å². The minimum atomic E-state index is -4.70. The van der Waals surface area contributed by atoms with Crippen LogP contribution in [0.2, 0.25) is 0 Å². The molecule has 110 valence electrons. The summed E-state index contributed by atoms with van der Waals surface area (Å²) in [7, 11) is 0. The molecule has 2 N–H and O–H groups in total. The van der Waals surface area contributed by atoms with Crippen LogP contribution in [-0.4, -0.2) is 6.36 Å². The van der Waals surface area contributed by atoms with E-state index in [-0.39, 0.29) is 24.7 Å². The van der Waals surface area contributed by atoms with Gasteiger partial charge in [0.15, 0.2) is 0 Å². The Kier molecular flexibility index (Phi) is 5.44. The Morgan fingerprint density at radius 1 is 1.20 bits per heavy atom. The van der Waals surface area contributed by atoms with Crippen molar-refractivity contribution in [2.45, 2.75) is 19.8 Å². The zero-order chi connectivity index (χ0) is 14.0. The molecule has 2 aromatic rings. The number of hydrogen-bond acceptors (Lipinski definition) is 3. The summed E-state index contributed by atoms with van der Waals surface area (Å²) in [5, 5.41) is 0. The molecule has 0 radical (unpaired) electrons. The monoisotopic (exact) mass is 323 g/mol. The molecule has 1 heterocycles. The highest BCUT2D eigenvalue weighted by molar-refractivity contribution is 7.15. The van der Waals surface area contributed by atoms with E-state index in [0.29, 0.717) is 5.56 Å². The van der Waals surface area contributed by atoms with Crippen molar-refractivity contribution in [1.82, 2.24) is 0 Å². The van der Waals surface area contributed by atoms with Crippen LogP contribution in [0.3, 0.4) is 0 Å². The smallest absolute Gasteiger partial charge is 0.405 e. The molecule has 1 aromatic carbocycles. The predicted molar refractivity (Wildman–Crippen MR) is 76.3 cm³/mol. The number of benzene rings is 1. The number of rotatable bonds is 3. The van der Waals surface area contributed by atoms with E-state index in [4.69, 9.17) is 5.73 Å². The number of alkyl halides is 3. The number of hydrogen-bond donors (Lipinski definition) is 1. The van der Waals surface area contributed by atoms with Gasteiger partial charge >= 0.3 is 6.36 Å². The van der Waals surface area contributed by atoms with Gasteiger partial charge in [-0.15, -0.1) is 36.9 Å². The number of halogens is 4. The minimum Gasteiger partial charge on any atom is -0.405 e. The first-order valence-corrected chi connectivity index (χ1v) is 6.36. The van der Waals surface area contributed by atoms with Crippen LogP contribution in [0.4, 0.5) is 13.2 Å². The second-order valence-electron chi connectivity index (χ2n) is 3.99. The quantitative estimate of drug-likeness (QED) is 0.902.